The number of phenols is 1. The van der Waals surface area contributed by atoms with E-state index < -0.39 is 0 Å². The highest BCUT2D eigenvalue weighted by Gasteiger charge is 2.25. The number of piperidine rings is 1. The lowest BCUT2D eigenvalue weighted by atomic mass is 10.0. The molecule has 2 heterocycles. The third-order valence-corrected chi connectivity index (χ3v) is 4.05. The molecule has 6 heteroatoms. The number of aromatic nitrogens is 2. The normalized spacial score (nSPS) is 21.1. The van der Waals surface area contributed by atoms with E-state index in [2.05, 4.69) is 20.6 Å². The van der Waals surface area contributed by atoms with Crippen molar-refractivity contribution in [2.24, 2.45) is 0 Å². The quantitative estimate of drug-likeness (QED) is 0.800. The first kappa shape index (κ1) is 15.7. The summed E-state index contributed by atoms with van der Waals surface area (Å²) in [4.78, 5) is 9.00. The van der Waals surface area contributed by atoms with Crippen molar-refractivity contribution < 1.29 is 9.84 Å². The van der Waals surface area contributed by atoms with Crippen molar-refractivity contribution in [3.8, 4) is 17.1 Å². The van der Waals surface area contributed by atoms with Crippen molar-refractivity contribution in [2.75, 3.05) is 25.5 Å². The average molecular weight is 314 g/mol. The average Bonchev–Trinajstić information content (AvgIpc) is 2.55. The third-order valence-electron chi connectivity index (χ3n) is 4.05. The summed E-state index contributed by atoms with van der Waals surface area (Å²) < 4.78 is 5.55. The van der Waals surface area contributed by atoms with Gasteiger partial charge in [-0.25, -0.2) is 9.97 Å². The zero-order valence-corrected chi connectivity index (χ0v) is 13.4. The van der Waals surface area contributed by atoms with Crippen LogP contribution >= 0.6 is 0 Å². The van der Waals surface area contributed by atoms with Crippen LogP contribution in [0.5, 0.6) is 5.75 Å². The molecule has 1 aromatic carbocycles. The fraction of sp³-hybridized carbons (Fsp3) is 0.412. The second-order valence-corrected chi connectivity index (χ2v) is 5.75. The van der Waals surface area contributed by atoms with Crippen LogP contribution in [0.2, 0.25) is 0 Å². The fourth-order valence-electron chi connectivity index (χ4n) is 2.88. The second kappa shape index (κ2) is 6.93. The Labute approximate surface area is 135 Å². The molecule has 2 aromatic rings. The molecule has 23 heavy (non-hydrogen) atoms. The third kappa shape index (κ3) is 3.60. The molecule has 0 radical (unpaired) electrons. The highest BCUT2D eigenvalue weighted by atomic mass is 16.5. The molecular weight excluding hydrogens is 292 g/mol. The van der Waals surface area contributed by atoms with Gasteiger partial charge in [0.2, 0.25) is 0 Å². The van der Waals surface area contributed by atoms with Crippen LogP contribution in [0.4, 0.5) is 5.82 Å². The van der Waals surface area contributed by atoms with Gasteiger partial charge in [-0.15, -0.1) is 0 Å². The van der Waals surface area contributed by atoms with Crippen LogP contribution in [0.3, 0.4) is 0 Å². The summed E-state index contributed by atoms with van der Waals surface area (Å²) in [5.74, 6) is 1.44. The number of nitrogens with one attached hydrogen (secondary N) is 2. The number of rotatable bonds is 4. The SMILES string of the molecule is CO[C@@H]1CCNC[C@@H]1Nc1cc(C)nc(-c2ccccc2O)n1. The van der Waals surface area contributed by atoms with Gasteiger partial charge in [0.25, 0.3) is 0 Å². The first-order chi connectivity index (χ1) is 11.2. The highest BCUT2D eigenvalue weighted by Crippen LogP contribution is 2.27. The van der Waals surface area contributed by atoms with Gasteiger partial charge in [0.05, 0.1) is 17.7 Å². The van der Waals surface area contributed by atoms with Crippen LogP contribution in [0, 0.1) is 6.92 Å². The number of hydrogen-bond acceptors (Lipinski definition) is 6. The molecule has 0 saturated carbocycles. The van der Waals surface area contributed by atoms with E-state index >= 15 is 0 Å². The van der Waals surface area contributed by atoms with Crippen LogP contribution in [0.25, 0.3) is 11.4 Å². The van der Waals surface area contributed by atoms with Crippen LogP contribution < -0.4 is 10.6 Å². The molecule has 0 aliphatic carbocycles. The number of anilines is 1. The summed E-state index contributed by atoms with van der Waals surface area (Å²) in [6.07, 6.45) is 1.12. The minimum atomic E-state index is 0.153. The largest absolute Gasteiger partial charge is 0.507 e. The lowest BCUT2D eigenvalue weighted by Crippen LogP contribution is -2.49. The first-order valence-electron chi connectivity index (χ1n) is 7.81. The molecule has 0 bridgehead atoms. The summed E-state index contributed by atoms with van der Waals surface area (Å²) in [5, 5.41) is 16.8. The van der Waals surface area contributed by atoms with Crippen molar-refractivity contribution >= 4 is 5.82 Å². The zero-order valence-electron chi connectivity index (χ0n) is 13.4. The predicted molar refractivity (Wildman–Crippen MR) is 89.6 cm³/mol. The Balaban J connectivity index is 1.87. The molecule has 6 nitrogen and oxygen atoms in total. The van der Waals surface area contributed by atoms with Crippen molar-refractivity contribution in [1.82, 2.24) is 15.3 Å². The van der Waals surface area contributed by atoms with Gasteiger partial charge in [0.15, 0.2) is 5.82 Å². The maximum absolute atomic E-state index is 10.0. The number of methoxy groups -OCH3 is 1. The van der Waals surface area contributed by atoms with Gasteiger partial charge in [0.1, 0.15) is 11.6 Å². The van der Waals surface area contributed by atoms with E-state index in [1.807, 2.05) is 25.1 Å². The minimum absolute atomic E-state index is 0.153. The summed E-state index contributed by atoms with van der Waals surface area (Å²) in [5.41, 5.74) is 1.47. The smallest absolute Gasteiger partial charge is 0.165 e. The lowest BCUT2D eigenvalue weighted by molar-refractivity contribution is 0.0664. The molecule has 3 rings (SSSR count). The molecule has 1 fully saturated rings. The Morgan fingerprint density at radius 2 is 2.13 bits per heavy atom. The van der Waals surface area contributed by atoms with E-state index in [-0.39, 0.29) is 17.9 Å². The highest BCUT2D eigenvalue weighted by molar-refractivity contribution is 5.64. The molecule has 0 spiro atoms. The molecular formula is C17H22N4O2. The van der Waals surface area contributed by atoms with Crippen molar-refractivity contribution in [2.45, 2.75) is 25.5 Å². The number of ether oxygens (including phenoxy) is 1. The Hall–Kier alpha value is -2.18. The summed E-state index contributed by atoms with van der Waals surface area (Å²) in [6.45, 7) is 3.71. The lowest BCUT2D eigenvalue weighted by Gasteiger charge is -2.32. The van der Waals surface area contributed by atoms with Crippen molar-refractivity contribution in [1.29, 1.82) is 0 Å². The van der Waals surface area contributed by atoms with Crippen molar-refractivity contribution in [3.05, 3.63) is 36.0 Å². The van der Waals surface area contributed by atoms with Gasteiger partial charge in [-0.2, -0.15) is 0 Å². The minimum Gasteiger partial charge on any atom is -0.507 e. The van der Waals surface area contributed by atoms with E-state index in [1.54, 1.807) is 19.2 Å². The number of para-hydroxylation sites is 1. The van der Waals surface area contributed by atoms with E-state index in [9.17, 15) is 5.11 Å². The molecule has 0 unspecified atom stereocenters. The molecule has 2 atom stereocenters. The van der Waals surface area contributed by atoms with E-state index in [1.165, 1.54) is 0 Å². The van der Waals surface area contributed by atoms with Gasteiger partial charge >= 0.3 is 0 Å². The number of aromatic hydroxyl groups is 1. The van der Waals surface area contributed by atoms with Crippen molar-refractivity contribution in [3.63, 3.8) is 0 Å². The molecule has 1 aliphatic rings. The summed E-state index contributed by atoms with van der Waals surface area (Å²) >= 11 is 0. The van der Waals surface area contributed by atoms with Gasteiger partial charge in [0, 0.05) is 25.4 Å². The number of phenolic OH excluding ortho intramolecular Hbond substituents is 1. The van der Waals surface area contributed by atoms with Gasteiger partial charge in [-0.3, -0.25) is 0 Å². The Morgan fingerprint density at radius 1 is 1.30 bits per heavy atom. The number of benzene rings is 1. The van der Waals surface area contributed by atoms with E-state index in [0.29, 0.717) is 11.4 Å². The maximum atomic E-state index is 10.0. The number of hydrogen-bond donors (Lipinski definition) is 3. The van der Waals surface area contributed by atoms with Crippen LogP contribution in [0.15, 0.2) is 30.3 Å². The maximum Gasteiger partial charge on any atom is 0.165 e. The Bertz CT molecular complexity index is 677. The van der Waals surface area contributed by atoms with Crippen LogP contribution in [-0.4, -0.2) is 47.4 Å². The van der Waals surface area contributed by atoms with Gasteiger partial charge in [-0.1, -0.05) is 12.1 Å². The Kier molecular flexibility index (Phi) is 4.73. The molecule has 1 aromatic heterocycles. The van der Waals surface area contributed by atoms with E-state index in [0.717, 1.165) is 31.0 Å². The van der Waals surface area contributed by atoms with E-state index in [4.69, 9.17) is 4.74 Å². The molecule has 122 valence electrons. The number of aryl methyl sites for hydroxylation is 1. The molecule has 3 N–H and O–H groups in total. The monoisotopic (exact) mass is 314 g/mol. The summed E-state index contributed by atoms with van der Waals surface area (Å²) in [7, 11) is 1.74. The van der Waals surface area contributed by atoms with Crippen LogP contribution in [-0.2, 0) is 4.74 Å². The molecule has 0 amide bonds. The summed E-state index contributed by atoms with van der Waals surface area (Å²) in [6, 6.07) is 9.16. The van der Waals surface area contributed by atoms with Crippen LogP contribution in [0.1, 0.15) is 12.1 Å². The molecule has 1 saturated heterocycles. The zero-order chi connectivity index (χ0) is 16.2. The predicted octanol–water partition coefficient (Wildman–Crippen LogP) is 1.95. The van der Waals surface area contributed by atoms with Gasteiger partial charge in [-0.05, 0) is 32.0 Å². The Morgan fingerprint density at radius 3 is 2.91 bits per heavy atom. The standard InChI is InChI=1S/C17H22N4O2/c1-11-9-16(20-13-10-18-8-7-15(13)23-2)21-17(19-11)12-5-3-4-6-14(12)22/h3-6,9,13,15,18,22H,7-8,10H2,1-2H3,(H,19,20,21)/t13-,15+/m0/s1. The number of nitrogens with zero attached hydrogens (tertiary/aromatic N) is 2. The fourth-order valence-corrected chi connectivity index (χ4v) is 2.88. The topological polar surface area (TPSA) is 79.3 Å². The first-order valence-corrected chi connectivity index (χ1v) is 7.81. The van der Waals surface area contributed by atoms with Gasteiger partial charge < -0.3 is 20.5 Å². The second-order valence-electron chi connectivity index (χ2n) is 5.75. The molecule has 1 aliphatic heterocycles.